The van der Waals surface area contributed by atoms with Crippen LogP contribution in [0.25, 0.3) is 5.57 Å². The average molecular weight is 270 g/mol. The molecule has 0 saturated heterocycles. The van der Waals surface area contributed by atoms with E-state index in [0.717, 1.165) is 17.7 Å². The molecule has 0 aromatic heterocycles. The summed E-state index contributed by atoms with van der Waals surface area (Å²) in [4.78, 5) is 11.2. The maximum atomic E-state index is 12.7. The highest BCUT2D eigenvalue weighted by Crippen LogP contribution is 2.34. The number of carbonyl (C=O) groups excluding carboxylic acids is 1. The summed E-state index contributed by atoms with van der Waals surface area (Å²) in [5.41, 5.74) is 1.17. The first-order chi connectivity index (χ1) is 8.88. The van der Waals surface area contributed by atoms with Crippen LogP contribution >= 0.6 is 0 Å². The summed E-state index contributed by atoms with van der Waals surface area (Å²) < 4.78 is 43.3. The Morgan fingerprint density at radius 3 is 2.74 bits per heavy atom. The Labute approximate surface area is 108 Å². The zero-order valence-corrected chi connectivity index (χ0v) is 10.4. The number of halogens is 3. The van der Waals surface area contributed by atoms with Crippen molar-refractivity contribution < 1.29 is 22.7 Å². The van der Waals surface area contributed by atoms with Crippen LogP contribution in [0, 0.1) is 0 Å². The molecule has 2 nitrogen and oxygen atoms in total. The summed E-state index contributed by atoms with van der Waals surface area (Å²) in [6, 6.07) is 3.55. The van der Waals surface area contributed by atoms with Crippen molar-refractivity contribution in [2.24, 2.45) is 0 Å². The smallest absolute Gasteiger partial charge is 0.376 e. The molecule has 0 bridgehead atoms. The molecule has 5 heteroatoms. The number of allylic oxidation sites excluding steroid dienone is 1. The third-order valence-electron chi connectivity index (χ3n) is 2.93. The van der Waals surface area contributed by atoms with Crippen LogP contribution in [0.4, 0.5) is 13.2 Å². The van der Waals surface area contributed by atoms with Crippen LogP contribution in [0.1, 0.15) is 30.0 Å². The zero-order chi connectivity index (χ0) is 14.0. The second-order valence-corrected chi connectivity index (χ2v) is 4.45. The maximum absolute atomic E-state index is 12.7. The lowest BCUT2D eigenvalue weighted by atomic mass is 9.95. The number of fused-ring (bicyclic) bond motifs is 1. The Kier molecular flexibility index (Phi) is 3.75. The Morgan fingerprint density at radius 2 is 2.11 bits per heavy atom. The monoisotopic (exact) mass is 270 g/mol. The van der Waals surface area contributed by atoms with Crippen molar-refractivity contribution in [1.82, 2.24) is 0 Å². The van der Waals surface area contributed by atoms with E-state index in [4.69, 9.17) is 4.74 Å². The van der Waals surface area contributed by atoms with Crippen molar-refractivity contribution in [1.29, 1.82) is 0 Å². The van der Waals surface area contributed by atoms with E-state index in [1.807, 2.05) is 0 Å². The fourth-order valence-corrected chi connectivity index (χ4v) is 2.10. The zero-order valence-electron chi connectivity index (χ0n) is 10.4. The van der Waals surface area contributed by atoms with E-state index in [9.17, 15) is 18.0 Å². The molecule has 19 heavy (non-hydrogen) atoms. The molecule has 0 saturated carbocycles. The molecule has 0 radical (unpaired) electrons. The predicted molar refractivity (Wildman–Crippen MR) is 64.4 cm³/mol. The standard InChI is InChI=1S/C14H13F3O2/c1-9(18)6-10-4-5-19-8-11-7-12(14(15,16)17)2-3-13(10)11/h2-3,6-7H,4-5,8H2,1H3/b10-6+. The van der Waals surface area contributed by atoms with Crippen LogP contribution < -0.4 is 0 Å². The molecule has 0 atom stereocenters. The van der Waals surface area contributed by atoms with Gasteiger partial charge in [-0.1, -0.05) is 6.07 Å². The van der Waals surface area contributed by atoms with Crippen molar-refractivity contribution >= 4 is 11.4 Å². The number of ether oxygens (including phenoxy) is 1. The second kappa shape index (κ2) is 5.17. The van der Waals surface area contributed by atoms with Gasteiger partial charge in [0.2, 0.25) is 0 Å². The maximum Gasteiger partial charge on any atom is 0.416 e. The predicted octanol–water partition coefficient (Wildman–Crippen LogP) is 3.60. The van der Waals surface area contributed by atoms with Crippen LogP contribution in [0.15, 0.2) is 24.3 Å². The van der Waals surface area contributed by atoms with Gasteiger partial charge in [-0.2, -0.15) is 13.2 Å². The number of rotatable bonds is 1. The Balaban J connectivity index is 2.49. The molecule has 1 aromatic carbocycles. The van der Waals surface area contributed by atoms with Gasteiger partial charge in [0.05, 0.1) is 18.8 Å². The second-order valence-electron chi connectivity index (χ2n) is 4.45. The lowest BCUT2D eigenvalue weighted by molar-refractivity contribution is -0.137. The van der Waals surface area contributed by atoms with E-state index in [-0.39, 0.29) is 12.4 Å². The minimum absolute atomic E-state index is 0.122. The largest absolute Gasteiger partial charge is 0.416 e. The van der Waals surface area contributed by atoms with Crippen LogP contribution in [0.3, 0.4) is 0 Å². The van der Waals surface area contributed by atoms with Gasteiger partial charge in [0.25, 0.3) is 0 Å². The minimum Gasteiger partial charge on any atom is -0.376 e. The van der Waals surface area contributed by atoms with Gasteiger partial charge >= 0.3 is 6.18 Å². The molecule has 0 N–H and O–H groups in total. The first kappa shape index (κ1) is 13.8. The van der Waals surface area contributed by atoms with Crippen molar-refractivity contribution in [2.75, 3.05) is 6.61 Å². The van der Waals surface area contributed by atoms with Gasteiger partial charge in [-0.3, -0.25) is 4.79 Å². The van der Waals surface area contributed by atoms with Crippen LogP contribution in [-0.2, 0) is 22.3 Å². The summed E-state index contributed by atoms with van der Waals surface area (Å²) >= 11 is 0. The fourth-order valence-electron chi connectivity index (χ4n) is 2.10. The molecule has 0 unspecified atom stereocenters. The quantitative estimate of drug-likeness (QED) is 0.729. The third kappa shape index (κ3) is 3.23. The van der Waals surface area contributed by atoms with E-state index < -0.39 is 11.7 Å². The normalized spacial score (nSPS) is 18.0. The average Bonchev–Trinajstić information content (AvgIpc) is 2.49. The highest BCUT2D eigenvalue weighted by Gasteiger charge is 2.31. The molecular weight excluding hydrogens is 257 g/mol. The lowest BCUT2D eigenvalue weighted by Gasteiger charge is -2.12. The number of benzene rings is 1. The molecule has 1 heterocycles. The Morgan fingerprint density at radius 1 is 1.37 bits per heavy atom. The third-order valence-corrected chi connectivity index (χ3v) is 2.93. The molecule has 0 fully saturated rings. The molecule has 1 aromatic rings. The summed E-state index contributed by atoms with van der Waals surface area (Å²) in [5, 5.41) is 0. The number of hydrogen-bond acceptors (Lipinski definition) is 2. The molecular formula is C14H13F3O2. The molecule has 1 aliphatic rings. The molecule has 0 aliphatic carbocycles. The van der Waals surface area contributed by atoms with Gasteiger partial charge in [-0.05, 0) is 48.3 Å². The van der Waals surface area contributed by atoms with Gasteiger partial charge in [0.15, 0.2) is 5.78 Å². The summed E-state index contributed by atoms with van der Waals surface area (Å²) in [6.07, 6.45) is -2.38. The van der Waals surface area contributed by atoms with E-state index in [1.165, 1.54) is 19.1 Å². The highest BCUT2D eigenvalue weighted by molar-refractivity contribution is 5.95. The number of carbonyl (C=O) groups is 1. The lowest BCUT2D eigenvalue weighted by Crippen LogP contribution is -2.06. The van der Waals surface area contributed by atoms with Crippen molar-refractivity contribution in [3.8, 4) is 0 Å². The van der Waals surface area contributed by atoms with Crippen molar-refractivity contribution in [3.05, 3.63) is 41.0 Å². The van der Waals surface area contributed by atoms with Crippen molar-refractivity contribution in [2.45, 2.75) is 26.1 Å². The summed E-state index contributed by atoms with van der Waals surface area (Å²) in [5.74, 6) is -0.122. The van der Waals surface area contributed by atoms with E-state index in [2.05, 4.69) is 0 Å². The number of alkyl halides is 3. The van der Waals surface area contributed by atoms with E-state index in [0.29, 0.717) is 24.2 Å². The topological polar surface area (TPSA) is 26.3 Å². The number of hydrogen-bond donors (Lipinski definition) is 0. The highest BCUT2D eigenvalue weighted by atomic mass is 19.4. The van der Waals surface area contributed by atoms with Crippen LogP contribution in [0.5, 0.6) is 0 Å². The van der Waals surface area contributed by atoms with Gasteiger partial charge in [-0.15, -0.1) is 0 Å². The van der Waals surface area contributed by atoms with Crippen molar-refractivity contribution in [3.63, 3.8) is 0 Å². The van der Waals surface area contributed by atoms with Gasteiger partial charge in [0.1, 0.15) is 0 Å². The van der Waals surface area contributed by atoms with Crippen LogP contribution in [-0.4, -0.2) is 12.4 Å². The van der Waals surface area contributed by atoms with Gasteiger partial charge < -0.3 is 4.74 Å². The first-order valence-corrected chi connectivity index (χ1v) is 5.87. The van der Waals surface area contributed by atoms with Gasteiger partial charge in [-0.25, -0.2) is 0 Å². The van der Waals surface area contributed by atoms with E-state index >= 15 is 0 Å². The minimum atomic E-state index is -4.37. The summed E-state index contributed by atoms with van der Waals surface area (Å²) in [6.45, 7) is 1.95. The molecule has 0 amide bonds. The molecule has 0 spiro atoms. The fraction of sp³-hybridized carbons (Fsp3) is 0.357. The Bertz CT molecular complexity index is 530. The molecule has 1 aliphatic heterocycles. The molecule has 2 rings (SSSR count). The SMILES string of the molecule is CC(=O)/C=C1\CCOCc2cc(C(F)(F)F)ccc21. The number of ketones is 1. The summed E-state index contributed by atoms with van der Waals surface area (Å²) in [7, 11) is 0. The van der Waals surface area contributed by atoms with Gasteiger partial charge in [0, 0.05) is 0 Å². The van der Waals surface area contributed by atoms with Crippen LogP contribution in [0.2, 0.25) is 0 Å². The van der Waals surface area contributed by atoms with E-state index in [1.54, 1.807) is 0 Å². The molecule has 102 valence electrons. The Hall–Kier alpha value is -1.62. The first-order valence-electron chi connectivity index (χ1n) is 5.87.